The van der Waals surface area contributed by atoms with E-state index < -0.39 is 5.41 Å². The lowest BCUT2D eigenvalue weighted by molar-refractivity contribution is -0.118. The first-order valence-corrected chi connectivity index (χ1v) is 15.4. The molecule has 0 aliphatic heterocycles. The number of rotatable bonds is 14. The summed E-state index contributed by atoms with van der Waals surface area (Å²) >= 11 is 6.10. The number of nitrogens with one attached hydrogen (secondary N) is 2. The van der Waals surface area contributed by atoms with Crippen molar-refractivity contribution in [1.82, 2.24) is 19.6 Å². The Morgan fingerprint density at radius 3 is 2.28 bits per heavy atom. The van der Waals surface area contributed by atoms with Gasteiger partial charge in [0.1, 0.15) is 22.9 Å². The van der Waals surface area contributed by atoms with Crippen LogP contribution in [0.25, 0.3) is 5.69 Å². The summed E-state index contributed by atoms with van der Waals surface area (Å²) in [5.74, 6) is 1.04. The van der Waals surface area contributed by atoms with Crippen LogP contribution in [-0.2, 0) is 24.9 Å². The Hall–Kier alpha value is -4.74. The second-order valence-electron chi connectivity index (χ2n) is 12.1. The van der Waals surface area contributed by atoms with Gasteiger partial charge in [-0.2, -0.15) is 0 Å². The van der Waals surface area contributed by atoms with E-state index in [1.165, 1.54) is 17.9 Å². The second kappa shape index (κ2) is 15.2. The molecule has 1 heterocycles. The summed E-state index contributed by atoms with van der Waals surface area (Å²) in [6.45, 7) is 4.78. The van der Waals surface area contributed by atoms with Crippen LogP contribution in [0.15, 0.2) is 71.5 Å². The maximum Gasteiger partial charge on any atom is 0.295 e. The first-order chi connectivity index (χ1) is 22.4. The Morgan fingerprint density at radius 1 is 0.915 bits per heavy atom. The maximum atomic E-state index is 13.9. The lowest BCUT2D eigenvalue weighted by atomic mass is 9.88. The van der Waals surface area contributed by atoms with E-state index in [0.29, 0.717) is 52.3 Å². The van der Waals surface area contributed by atoms with Crippen molar-refractivity contribution < 1.29 is 23.8 Å². The highest BCUT2D eigenvalue weighted by Crippen LogP contribution is 2.28. The molecule has 0 saturated heterocycles. The van der Waals surface area contributed by atoms with Crippen LogP contribution >= 0.6 is 11.6 Å². The molecule has 0 aliphatic rings. The zero-order valence-electron chi connectivity index (χ0n) is 27.8. The number of hydrogen-bond donors (Lipinski definition) is 2. The number of carbonyl (C=O) groups excluding carboxylic acids is 2. The van der Waals surface area contributed by atoms with E-state index in [2.05, 4.69) is 10.6 Å². The van der Waals surface area contributed by atoms with Crippen molar-refractivity contribution in [1.29, 1.82) is 0 Å². The largest absolute Gasteiger partial charge is 0.497 e. The smallest absolute Gasteiger partial charge is 0.295 e. The number of benzene rings is 3. The van der Waals surface area contributed by atoms with Gasteiger partial charge in [-0.3, -0.25) is 24.0 Å². The van der Waals surface area contributed by atoms with E-state index in [4.69, 9.17) is 25.8 Å². The SMILES string of the molecule is COc1ccc(CN(C)Cc2c(NC(=O)CC(C)(C)CNC(=O)c3cc(Cl)ccc3OC)c(=O)n(-c3ccccc3)n2C)c(OC)c1. The fourth-order valence-electron chi connectivity index (χ4n) is 5.35. The molecular weight excluding hydrogens is 622 g/mol. The van der Waals surface area contributed by atoms with Crippen molar-refractivity contribution in [2.45, 2.75) is 33.4 Å². The minimum Gasteiger partial charge on any atom is -0.497 e. The third-order valence-corrected chi connectivity index (χ3v) is 8.01. The number of nitrogens with zero attached hydrogens (tertiary/aromatic N) is 3. The normalized spacial score (nSPS) is 11.3. The summed E-state index contributed by atoms with van der Waals surface area (Å²) in [4.78, 5) is 42.4. The van der Waals surface area contributed by atoms with Gasteiger partial charge in [-0.1, -0.05) is 49.7 Å². The monoisotopic (exact) mass is 663 g/mol. The average Bonchev–Trinajstić information content (AvgIpc) is 3.27. The van der Waals surface area contributed by atoms with Crippen LogP contribution in [0.2, 0.25) is 5.02 Å². The number of hydrogen-bond acceptors (Lipinski definition) is 7. The summed E-state index contributed by atoms with van der Waals surface area (Å²) in [6.07, 6.45) is 0.0396. The summed E-state index contributed by atoms with van der Waals surface area (Å²) in [5, 5.41) is 6.19. The van der Waals surface area contributed by atoms with Gasteiger partial charge in [0.2, 0.25) is 5.91 Å². The Labute approximate surface area is 280 Å². The summed E-state index contributed by atoms with van der Waals surface area (Å²) < 4.78 is 19.5. The molecule has 3 aromatic carbocycles. The van der Waals surface area contributed by atoms with Gasteiger partial charge in [0.25, 0.3) is 11.5 Å². The first-order valence-electron chi connectivity index (χ1n) is 15.0. The highest BCUT2D eigenvalue weighted by atomic mass is 35.5. The van der Waals surface area contributed by atoms with Crippen LogP contribution in [-0.4, -0.2) is 61.0 Å². The highest BCUT2D eigenvalue weighted by Gasteiger charge is 2.27. The fraction of sp³-hybridized carbons (Fsp3) is 0.343. The van der Waals surface area contributed by atoms with E-state index in [9.17, 15) is 14.4 Å². The predicted octanol–water partition coefficient (Wildman–Crippen LogP) is 5.27. The van der Waals surface area contributed by atoms with Crippen molar-refractivity contribution in [2.75, 3.05) is 40.2 Å². The van der Waals surface area contributed by atoms with Gasteiger partial charge in [0, 0.05) is 49.8 Å². The zero-order valence-corrected chi connectivity index (χ0v) is 28.6. The number of amides is 2. The number of ether oxygens (including phenoxy) is 3. The lowest BCUT2D eigenvalue weighted by Crippen LogP contribution is -2.37. The molecule has 2 N–H and O–H groups in total. The third-order valence-electron chi connectivity index (χ3n) is 7.78. The Kier molecular flexibility index (Phi) is 11.4. The van der Waals surface area contributed by atoms with Gasteiger partial charge in [-0.25, -0.2) is 4.68 Å². The Morgan fingerprint density at radius 2 is 1.62 bits per heavy atom. The van der Waals surface area contributed by atoms with Gasteiger partial charge in [-0.15, -0.1) is 0 Å². The molecule has 11 nitrogen and oxygen atoms in total. The number of carbonyl (C=O) groups is 2. The molecule has 4 rings (SSSR count). The predicted molar refractivity (Wildman–Crippen MR) is 183 cm³/mol. The lowest BCUT2D eigenvalue weighted by Gasteiger charge is -2.25. The van der Waals surface area contributed by atoms with Crippen molar-refractivity contribution in [2.24, 2.45) is 12.5 Å². The van der Waals surface area contributed by atoms with Gasteiger partial charge in [-0.05, 0) is 48.9 Å². The Bertz CT molecular complexity index is 1780. The van der Waals surface area contributed by atoms with E-state index in [1.54, 1.807) is 38.1 Å². The topological polar surface area (TPSA) is 116 Å². The van der Waals surface area contributed by atoms with Crippen LogP contribution in [0.1, 0.15) is 41.9 Å². The van der Waals surface area contributed by atoms with Crippen molar-refractivity contribution in [3.63, 3.8) is 0 Å². The van der Waals surface area contributed by atoms with Gasteiger partial charge >= 0.3 is 0 Å². The van der Waals surface area contributed by atoms with Gasteiger partial charge in [0.05, 0.1) is 38.3 Å². The molecule has 0 atom stereocenters. The molecule has 47 heavy (non-hydrogen) atoms. The second-order valence-corrected chi connectivity index (χ2v) is 12.5. The molecule has 2 amide bonds. The third kappa shape index (κ3) is 8.55. The number of para-hydroxylation sites is 1. The van der Waals surface area contributed by atoms with Crippen LogP contribution < -0.4 is 30.4 Å². The Balaban J connectivity index is 1.55. The standard InChI is InChI=1S/C35H42ClN5O6/c1-35(2,22-37-33(43)27-17-24(36)14-16-29(27)46-6)19-31(42)38-32-28(40(4)41(34(32)44)25-11-9-8-10-12-25)21-39(3)20-23-13-15-26(45-5)18-30(23)47-7/h8-18H,19-22H2,1-7H3,(H,37,43)(H,38,42). The zero-order chi connectivity index (χ0) is 34.3. The van der Waals surface area contributed by atoms with E-state index in [1.807, 2.05) is 74.3 Å². The molecule has 250 valence electrons. The number of halogens is 1. The van der Waals surface area contributed by atoms with Gasteiger partial charge < -0.3 is 24.8 Å². The quantitative estimate of drug-likeness (QED) is 0.189. The number of anilines is 1. The molecule has 0 aliphatic carbocycles. The van der Waals surface area contributed by atoms with Crippen LogP contribution in [0.5, 0.6) is 17.2 Å². The maximum absolute atomic E-state index is 13.9. The molecule has 4 aromatic rings. The van der Waals surface area contributed by atoms with Crippen LogP contribution in [0.4, 0.5) is 5.69 Å². The molecule has 0 bridgehead atoms. The minimum absolute atomic E-state index is 0.0396. The number of aromatic nitrogens is 2. The molecule has 0 spiro atoms. The van der Waals surface area contributed by atoms with Crippen LogP contribution in [0.3, 0.4) is 0 Å². The van der Waals surface area contributed by atoms with Crippen molar-refractivity contribution in [3.05, 3.63) is 98.9 Å². The summed E-state index contributed by atoms with van der Waals surface area (Å²) in [7, 11) is 8.41. The molecule has 1 aromatic heterocycles. The van der Waals surface area contributed by atoms with Crippen LogP contribution in [0, 0.1) is 5.41 Å². The van der Waals surface area contributed by atoms with Gasteiger partial charge in [0.15, 0.2) is 0 Å². The van der Waals surface area contributed by atoms with Crippen molar-refractivity contribution >= 4 is 29.1 Å². The summed E-state index contributed by atoms with van der Waals surface area (Å²) in [6, 6.07) is 19.7. The molecule has 0 fully saturated rings. The van der Waals surface area contributed by atoms with E-state index in [0.717, 1.165) is 5.56 Å². The summed E-state index contributed by atoms with van der Waals surface area (Å²) in [5.41, 5.74) is 1.72. The fourth-order valence-corrected chi connectivity index (χ4v) is 5.52. The molecule has 0 radical (unpaired) electrons. The van der Waals surface area contributed by atoms with E-state index >= 15 is 0 Å². The number of methoxy groups -OCH3 is 3. The average molecular weight is 664 g/mol. The van der Waals surface area contributed by atoms with Crippen molar-refractivity contribution in [3.8, 4) is 22.9 Å². The molecule has 12 heteroatoms. The molecular formula is C35H42ClN5O6. The highest BCUT2D eigenvalue weighted by molar-refractivity contribution is 6.31. The molecule has 0 unspecified atom stereocenters. The first kappa shape index (κ1) is 35.1. The molecule has 0 saturated carbocycles. The van der Waals surface area contributed by atoms with E-state index in [-0.39, 0.29) is 36.0 Å². The minimum atomic E-state index is -0.652.